The van der Waals surface area contributed by atoms with E-state index >= 15 is 0 Å². The summed E-state index contributed by atoms with van der Waals surface area (Å²) in [5, 5.41) is 5.27. The van der Waals surface area contributed by atoms with Gasteiger partial charge in [0.15, 0.2) is 0 Å². The standard InChI is InChI=1S/C22H22F3IN4O2/c1-32-18-9-17-13(11-30(29-17)14-4-2-12(10-26)3-5-14)8-16(18)15-6-7-19(22(23,24)25)28-20(15)21(27)31/h6-9,11-12,14H,2-5,10H2,1H3,(H2,27,31)/i14D. The highest BCUT2D eigenvalue weighted by Crippen LogP contribution is 2.38. The number of halogens is 4. The highest BCUT2D eigenvalue weighted by molar-refractivity contribution is 14.1. The van der Waals surface area contributed by atoms with Crippen molar-refractivity contribution in [2.45, 2.75) is 37.9 Å². The zero-order valence-corrected chi connectivity index (χ0v) is 19.4. The third-order valence-corrected chi connectivity index (χ3v) is 7.01. The van der Waals surface area contributed by atoms with E-state index in [4.69, 9.17) is 11.8 Å². The molecule has 0 aliphatic heterocycles. The number of aromatic nitrogens is 3. The van der Waals surface area contributed by atoms with Gasteiger partial charge in [0.2, 0.25) is 0 Å². The van der Waals surface area contributed by atoms with E-state index in [0.29, 0.717) is 41.0 Å². The van der Waals surface area contributed by atoms with Crippen LogP contribution >= 0.6 is 22.6 Å². The lowest BCUT2D eigenvalue weighted by Crippen LogP contribution is -2.19. The Bertz CT molecular complexity index is 1210. The molecule has 0 radical (unpaired) electrons. The van der Waals surface area contributed by atoms with Crippen LogP contribution in [0.2, 0.25) is 0 Å². The molecule has 4 rings (SSSR count). The van der Waals surface area contributed by atoms with Gasteiger partial charge in [0, 0.05) is 33.2 Å². The van der Waals surface area contributed by atoms with Crippen LogP contribution in [0.3, 0.4) is 0 Å². The number of hydrogen-bond acceptors (Lipinski definition) is 4. The summed E-state index contributed by atoms with van der Waals surface area (Å²) in [7, 11) is 1.42. The van der Waals surface area contributed by atoms with Gasteiger partial charge in [0.1, 0.15) is 17.1 Å². The number of nitrogens with zero attached hydrogens (tertiary/aromatic N) is 3. The number of carbonyl (C=O) groups excluding carboxylic acids is 1. The Morgan fingerprint density at radius 3 is 2.59 bits per heavy atom. The van der Waals surface area contributed by atoms with Crippen LogP contribution in [0, 0.1) is 5.92 Å². The normalized spacial score (nSPS) is 22.0. The summed E-state index contributed by atoms with van der Waals surface area (Å²) in [6, 6.07) is 4.43. The first-order chi connectivity index (χ1) is 15.6. The van der Waals surface area contributed by atoms with E-state index in [9.17, 15) is 18.0 Å². The van der Waals surface area contributed by atoms with E-state index in [0.717, 1.165) is 23.3 Å². The Balaban J connectivity index is 1.80. The molecule has 0 bridgehead atoms. The predicted octanol–water partition coefficient (Wildman–Crippen LogP) is 5.39. The van der Waals surface area contributed by atoms with Crippen molar-refractivity contribution in [3.05, 3.63) is 41.9 Å². The summed E-state index contributed by atoms with van der Waals surface area (Å²) in [6.07, 6.45) is 0.335. The number of carbonyl (C=O) groups is 1. The Kier molecular flexibility index (Phi) is 5.95. The number of fused-ring (bicyclic) bond motifs is 1. The van der Waals surface area contributed by atoms with Gasteiger partial charge >= 0.3 is 6.18 Å². The SMILES string of the molecule is [2H]C1(n2cc3cc(-c4ccc(C(F)(F)F)nc4C(N)=O)c(OC)cc3n2)CCC(CI)CC1. The van der Waals surface area contributed by atoms with Gasteiger partial charge in [-0.3, -0.25) is 9.48 Å². The summed E-state index contributed by atoms with van der Waals surface area (Å²) < 4.78 is 56.5. The van der Waals surface area contributed by atoms with Crippen LogP contribution in [0.4, 0.5) is 13.2 Å². The van der Waals surface area contributed by atoms with Gasteiger partial charge in [-0.15, -0.1) is 0 Å². The number of nitrogens with two attached hydrogens (primary N) is 1. The summed E-state index contributed by atoms with van der Waals surface area (Å²) in [6.45, 7) is 0. The van der Waals surface area contributed by atoms with E-state index < -0.39 is 29.5 Å². The average Bonchev–Trinajstić information content (AvgIpc) is 3.21. The number of amides is 1. The fourth-order valence-corrected chi connectivity index (χ4v) is 4.89. The first-order valence-corrected chi connectivity index (χ1v) is 11.6. The van der Waals surface area contributed by atoms with Crippen LogP contribution in [0.1, 0.15) is 49.3 Å². The molecule has 2 heterocycles. The van der Waals surface area contributed by atoms with Crippen molar-refractivity contribution in [1.29, 1.82) is 0 Å². The lowest BCUT2D eigenvalue weighted by atomic mass is 9.87. The van der Waals surface area contributed by atoms with Gasteiger partial charge in [-0.05, 0) is 49.8 Å². The molecule has 2 N–H and O–H groups in total. The first-order valence-electron chi connectivity index (χ1n) is 10.6. The van der Waals surface area contributed by atoms with Crippen LogP contribution in [0.25, 0.3) is 22.0 Å². The second-order valence-corrected chi connectivity index (χ2v) is 8.68. The van der Waals surface area contributed by atoms with E-state index in [1.54, 1.807) is 23.0 Å². The average molecular weight is 559 g/mol. The van der Waals surface area contributed by atoms with Gasteiger partial charge in [0.25, 0.3) is 5.91 Å². The maximum atomic E-state index is 13.1. The van der Waals surface area contributed by atoms with Crippen molar-refractivity contribution in [3.63, 3.8) is 0 Å². The zero-order chi connectivity index (χ0) is 24.0. The van der Waals surface area contributed by atoms with Gasteiger partial charge in [-0.25, -0.2) is 4.98 Å². The molecule has 1 aromatic carbocycles. The Hall–Kier alpha value is -2.37. The molecular weight excluding hydrogens is 536 g/mol. The maximum Gasteiger partial charge on any atom is 0.433 e. The summed E-state index contributed by atoms with van der Waals surface area (Å²) in [4.78, 5) is 15.4. The molecule has 0 saturated heterocycles. The number of ether oxygens (including phenoxy) is 1. The number of pyridine rings is 1. The molecule has 10 heteroatoms. The van der Waals surface area contributed by atoms with Crippen LogP contribution in [0.15, 0.2) is 30.5 Å². The molecule has 0 atom stereocenters. The third kappa shape index (κ3) is 4.41. The summed E-state index contributed by atoms with van der Waals surface area (Å²) in [5.74, 6) is -0.157. The van der Waals surface area contributed by atoms with Crippen molar-refractivity contribution in [1.82, 2.24) is 14.8 Å². The minimum Gasteiger partial charge on any atom is -0.496 e. The lowest BCUT2D eigenvalue weighted by Gasteiger charge is -2.27. The number of primary amides is 1. The minimum atomic E-state index is -4.71. The van der Waals surface area contributed by atoms with Crippen LogP contribution in [-0.2, 0) is 6.18 Å². The molecule has 1 aliphatic carbocycles. The molecule has 0 spiro atoms. The van der Waals surface area contributed by atoms with Crippen molar-refractivity contribution >= 4 is 39.4 Å². The second kappa shape index (κ2) is 8.87. The largest absolute Gasteiger partial charge is 0.496 e. The second-order valence-electron chi connectivity index (χ2n) is 7.80. The Morgan fingerprint density at radius 2 is 2.00 bits per heavy atom. The monoisotopic (exact) mass is 559 g/mol. The van der Waals surface area contributed by atoms with Crippen LogP contribution in [-0.4, -0.2) is 32.2 Å². The van der Waals surface area contributed by atoms with E-state index in [-0.39, 0.29) is 5.56 Å². The molecule has 3 aromatic rings. The predicted molar refractivity (Wildman–Crippen MR) is 123 cm³/mol. The molecule has 0 unspecified atom stereocenters. The molecule has 32 heavy (non-hydrogen) atoms. The first kappa shape index (κ1) is 21.5. The molecule has 1 aliphatic rings. The van der Waals surface area contributed by atoms with Gasteiger partial charge in [-0.2, -0.15) is 18.3 Å². The Morgan fingerprint density at radius 1 is 1.28 bits per heavy atom. The number of rotatable bonds is 5. The van der Waals surface area contributed by atoms with Crippen LogP contribution in [0.5, 0.6) is 5.75 Å². The molecule has 1 amide bonds. The number of hydrogen-bond donors (Lipinski definition) is 1. The topological polar surface area (TPSA) is 83.0 Å². The highest BCUT2D eigenvalue weighted by Gasteiger charge is 2.34. The molecule has 170 valence electrons. The van der Waals surface area contributed by atoms with E-state index in [2.05, 4.69) is 32.7 Å². The van der Waals surface area contributed by atoms with Gasteiger partial charge < -0.3 is 10.5 Å². The number of benzene rings is 1. The van der Waals surface area contributed by atoms with Crippen molar-refractivity contribution in [3.8, 4) is 16.9 Å². The van der Waals surface area contributed by atoms with Gasteiger partial charge in [0.05, 0.1) is 20.0 Å². The fourth-order valence-electron chi connectivity index (χ4n) is 4.01. The van der Waals surface area contributed by atoms with E-state index in [1.165, 1.54) is 13.2 Å². The van der Waals surface area contributed by atoms with Crippen molar-refractivity contribution in [2.75, 3.05) is 11.5 Å². The number of alkyl halides is 4. The number of methoxy groups -OCH3 is 1. The summed E-state index contributed by atoms with van der Waals surface area (Å²) >= 11 is 2.38. The van der Waals surface area contributed by atoms with Crippen molar-refractivity contribution < 1.29 is 24.1 Å². The smallest absolute Gasteiger partial charge is 0.433 e. The molecule has 2 aromatic heterocycles. The quantitative estimate of drug-likeness (QED) is 0.336. The Labute approximate surface area is 197 Å². The van der Waals surface area contributed by atoms with Crippen LogP contribution < -0.4 is 10.5 Å². The third-order valence-electron chi connectivity index (χ3n) is 5.76. The summed E-state index contributed by atoms with van der Waals surface area (Å²) in [5.41, 5.74) is 4.74. The minimum absolute atomic E-state index is 0.130. The molecule has 1 saturated carbocycles. The fraction of sp³-hybridized carbons (Fsp3) is 0.409. The molecule has 6 nitrogen and oxygen atoms in total. The van der Waals surface area contributed by atoms with Gasteiger partial charge in [-0.1, -0.05) is 22.6 Å². The lowest BCUT2D eigenvalue weighted by molar-refractivity contribution is -0.141. The molecule has 1 fully saturated rings. The maximum absolute atomic E-state index is 13.1. The molecular formula is C22H22F3IN4O2. The van der Waals surface area contributed by atoms with E-state index in [1.807, 2.05) is 0 Å². The van der Waals surface area contributed by atoms with Crippen molar-refractivity contribution in [2.24, 2.45) is 11.7 Å². The zero-order valence-electron chi connectivity index (χ0n) is 18.2. The highest BCUT2D eigenvalue weighted by atomic mass is 127.